The Morgan fingerprint density at radius 1 is 1.17 bits per heavy atom. The van der Waals surface area contributed by atoms with Crippen molar-refractivity contribution in [1.29, 1.82) is 0 Å². The van der Waals surface area contributed by atoms with E-state index in [2.05, 4.69) is 5.32 Å². The second-order valence-electron chi connectivity index (χ2n) is 3.66. The van der Waals surface area contributed by atoms with E-state index in [9.17, 15) is 0 Å². The molecule has 0 spiro atoms. The van der Waals surface area contributed by atoms with E-state index in [1.165, 1.54) is 0 Å². The summed E-state index contributed by atoms with van der Waals surface area (Å²) in [5.41, 5.74) is 0.861. The molecule has 0 fully saturated rings. The van der Waals surface area contributed by atoms with Crippen LogP contribution < -0.4 is 14.8 Å². The predicted octanol–water partition coefficient (Wildman–Crippen LogP) is 3.20. The Balaban J connectivity index is 2.61. The molecule has 0 heterocycles. The molecule has 0 amide bonds. The highest BCUT2D eigenvalue weighted by Gasteiger charge is 2.09. The molecule has 0 aromatic heterocycles. The number of rotatable bonds is 8. The van der Waals surface area contributed by atoms with Gasteiger partial charge in [-0.05, 0) is 19.4 Å². The zero-order valence-corrected chi connectivity index (χ0v) is 11.8. The molecule has 0 aliphatic rings. The van der Waals surface area contributed by atoms with E-state index in [1.54, 1.807) is 26.4 Å². The van der Waals surface area contributed by atoms with Crippen LogP contribution >= 0.6 is 11.6 Å². The molecule has 0 saturated heterocycles. The lowest BCUT2D eigenvalue weighted by atomic mass is 10.2. The number of hydrogen-bond donors (Lipinski definition) is 1. The fourth-order valence-electron chi connectivity index (χ4n) is 1.54. The van der Waals surface area contributed by atoms with Gasteiger partial charge in [0.1, 0.15) is 11.5 Å². The van der Waals surface area contributed by atoms with Crippen LogP contribution in [-0.4, -0.2) is 34.0 Å². The van der Waals surface area contributed by atoms with Gasteiger partial charge in [-0.2, -0.15) is 0 Å². The Morgan fingerprint density at radius 2 is 1.89 bits per heavy atom. The summed E-state index contributed by atoms with van der Waals surface area (Å²) in [4.78, 5) is 0. The highest BCUT2D eigenvalue weighted by Crippen LogP contribution is 2.35. The number of methoxy groups -OCH3 is 2. The van der Waals surface area contributed by atoms with Crippen LogP contribution in [-0.2, 0) is 4.74 Å². The third kappa shape index (κ3) is 4.27. The van der Waals surface area contributed by atoms with Gasteiger partial charge in [-0.3, -0.25) is 0 Å². The Labute approximate surface area is 113 Å². The first-order chi connectivity index (χ1) is 8.72. The van der Waals surface area contributed by atoms with Gasteiger partial charge in [-0.25, -0.2) is 0 Å². The van der Waals surface area contributed by atoms with Crippen molar-refractivity contribution in [1.82, 2.24) is 0 Å². The maximum Gasteiger partial charge on any atom is 0.145 e. The summed E-state index contributed by atoms with van der Waals surface area (Å²) in [6.07, 6.45) is 0.931. The lowest BCUT2D eigenvalue weighted by Gasteiger charge is -2.13. The molecule has 0 aliphatic carbocycles. The zero-order valence-electron chi connectivity index (χ0n) is 11.1. The van der Waals surface area contributed by atoms with Gasteiger partial charge in [0.05, 0.1) is 24.9 Å². The molecule has 0 bridgehead atoms. The van der Waals surface area contributed by atoms with Crippen molar-refractivity contribution in [3.05, 3.63) is 17.2 Å². The van der Waals surface area contributed by atoms with E-state index in [4.69, 9.17) is 25.8 Å². The Hall–Kier alpha value is -1.13. The van der Waals surface area contributed by atoms with Crippen LogP contribution in [0.15, 0.2) is 12.1 Å². The van der Waals surface area contributed by atoms with E-state index >= 15 is 0 Å². The molecule has 0 atom stereocenters. The largest absolute Gasteiger partial charge is 0.495 e. The smallest absolute Gasteiger partial charge is 0.145 e. The molecule has 0 saturated carbocycles. The number of nitrogens with one attached hydrogen (secondary N) is 1. The number of benzene rings is 1. The summed E-state index contributed by atoms with van der Waals surface area (Å²) in [6.45, 7) is 4.28. The Bertz CT molecular complexity index is 371. The van der Waals surface area contributed by atoms with Crippen molar-refractivity contribution in [3.8, 4) is 11.5 Å². The number of halogens is 1. The van der Waals surface area contributed by atoms with Crippen molar-refractivity contribution in [3.63, 3.8) is 0 Å². The van der Waals surface area contributed by atoms with E-state index in [0.717, 1.165) is 31.9 Å². The highest BCUT2D eigenvalue weighted by molar-refractivity contribution is 6.32. The van der Waals surface area contributed by atoms with E-state index in [-0.39, 0.29) is 0 Å². The monoisotopic (exact) mass is 273 g/mol. The topological polar surface area (TPSA) is 39.7 Å². The summed E-state index contributed by atoms with van der Waals surface area (Å²) in [7, 11) is 3.20. The van der Waals surface area contributed by atoms with Gasteiger partial charge in [-0.15, -0.1) is 0 Å². The van der Waals surface area contributed by atoms with Crippen LogP contribution in [0, 0.1) is 0 Å². The average molecular weight is 274 g/mol. The van der Waals surface area contributed by atoms with Gasteiger partial charge in [0.25, 0.3) is 0 Å². The van der Waals surface area contributed by atoms with Crippen LogP contribution in [0.25, 0.3) is 0 Å². The second-order valence-corrected chi connectivity index (χ2v) is 4.07. The van der Waals surface area contributed by atoms with Crippen LogP contribution in [0.4, 0.5) is 5.69 Å². The summed E-state index contributed by atoms with van der Waals surface area (Å²) >= 11 is 6.08. The minimum absolute atomic E-state index is 0.561. The van der Waals surface area contributed by atoms with Crippen molar-refractivity contribution in [2.45, 2.75) is 13.3 Å². The lowest BCUT2D eigenvalue weighted by molar-refractivity contribution is 0.147. The molecule has 102 valence electrons. The second kappa shape index (κ2) is 8.06. The minimum Gasteiger partial charge on any atom is -0.495 e. The van der Waals surface area contributed by atoms with E-state index in [0.29, 0.717) is 16.5 Å². The normalized spacial score (nSPS) is 10.2. The minimum atomic E-state index is 0.561. The Morgan fingerprint density at radius 3 is 2.50 bits per heavy atom. The van der Waals surface area contributed by atoms with Gasteiger partial charge in [0.15, 0.2) is 0 Å². The van der Waals surface area contributed by atoms with E-state index in [1.807, 2.05) is 6.92 Å². The SMILES string of the molecule is CCOCCCNc1cc(Cl)c(OC)cc1OC. The number of ether oxygens (including phenoxy) is 3. The highest BCUT2D eigenvalue weighted by atomic mass is 35.5. The molecule has 0 unspecified atom stereocenters. The summed E-state index contributed by atoms with van der Waals surface area (Å²) in [6, 6.07) is 3.58. The number of anilines is 1. The molecule has 0 aliphatic heterocycles. The van der Waals surface area contributed by atoms with Crippen molar-refractivity contribution in [2.24, 2.45) is 0 Å². The maximum absolute atomic E-state index is 6.08. The molecule has 18 heavy (non-hydrogen) atoms. The fraction of sp³-hybridized carbons (Fsp3) is 0.538. The molecule has 4 nitrogen and oxygen atoms in total. The average Bonchev–Trinajstić information content (AvgIpc) is 2.38. The molecule has 1 rings (SSSR count). The van der Waals surface area contributed by atoms with Crippen LogP contribution in [0.3, 0.4) is 0 Å². The summed E-state index contributed by atoms with van der Waals surface area (Å²) in [5.74, 6) is 1.32. The zero-order chi connectivity index (χ0) is 13.4. The molecular formula is C13H20ClNO3. The maximum atomic E-state index is 6.08. The molecule has 1 N–H and O–H groups in total. The lowest BCUT2D eigenvalue weighted by Crippen LogP contribution is -2.07. The first kappa shape index (κ1) is 14.9. The Kier molecular flexibility index (Phi) is 6.68. The van der Waals surface area contributed by atoms with Gasteiger partial charge >= 0.3 is 0 Å². The first-order valence-corrected chi connectivity index (χ1v) is 6.33. The van der Waals surface area contributed by atoms with Crippen molar-refractivity contribution < 1.29 is 14.2 Å². The standard InChI is InChI=1S/C13H20ClNO3/c1-4-18-7-5-6-15-11-8-10(14)12(16-2)9-13(11)17-3/h8-9,15H,4-7H2,1-3H3. The molecule has 1 aromatic rings. The van der Waals surface area contributed by atoms with E-state index < -0.39 is 0 Å². The molecule has 0 radical (unpaired) electrons. The molecule has 5 heteroatoms. The van der Waals surface area contributed by atoms with Gasteiger partial charge in [0, 0.05) is 25.8 Å². The van der Waals surface area contributed by atoms with Gasteiger partial charge in [0.2, 0.25) is 0 Å². The fourth-order valence-corrected chi connectivity index (χ4v) is 1.78. The molecular weight excluding hydrogens is 254 g/mol. The number of hydrogen-bond acceptors (Lipinski definition) is 4. The quantitative estimate of drug-likeness (QED) is 0.739. The van der Waals surface area contributed by atoms with Crippen LogP contribution in [0.2, 0.25) is 5.02 Å². The summed E-state index contributed by atoms with van der Waals surface area (Å²) < 4.78 is 15.7. The van der Waals surface area contributed by atoms with Crippen LogP contribution in [0.5, 0.6) is 11.5 Å². The summed E-state index contributed by atoms with van der Waals surface area (Å²) in [5, 5.41) is 3.83. The van der Waals surface area contributed by atoms with Gasteiger partial charge < -0.3 is 19.5 Å². The van der Waals surface area contributed by atoms with Gasteiger partial charge in [-0.1, -0.05) is 11.6 Å². The third-order valence-corrected chi connectivity index (χ3v) is 2.75. The first-order valence-electron chi connectivity index (χ1n) is 5.96. The van der Waals surface area contributed by atoms with Crippen LogP contribution in [0.1, 0.15) is 13.3 Å². The molecule has 1 aromatic carbocycles. The predicted molar refractivity (Wildman–Crippen MR) is 74.2 cm³/mol. The van der Waals surface area contributed by atoms with Crippen molar-refractivity contribution in [2.75, 3.05) is 39.3 Å². The van der Waals surface area contributed by atoms with Crippen molar-refractivity contribution >= 4 is 17.3 Å². The third-order valence-electron chi connectivity index (χ3n) is 2.46.